The van der Waals surface area contributed by atoms with Gasteiger partial charge in [-0.2, -0.15) is 0 Å². The van der Waals surface area contributed by atoms with Crippen LogP contribution in [0.1, 0.15) is 33.7 Å². The Kier molecular flexibility index (Phi) is 3.84. The molecule has 0 bridgehead atoms. The number of rotatable bonds is 2. The van der Waals surface area contributed by atoms with E-state index in [-0.39, 0.29) is 5.91 Å². The zero-order chi connectivity index (χ0) is 15.7. The molecule has 0 spiro atoms. The van der Waals surface area contributed by atoms with Gasteiger partial charge < -0.3 is 9.64 Å². The van der Waals surface area contributed by atoms with E-state index in [0.29, 0.717) is 12.2 Å². The molecule has 0 radical (unpaired) electrons. The molecular formula is C18H20N2O2. The van der Waals surface area contributed by atoms with E-state index in [1.54, 1.807) is 13.2 Å². The van der Waals surface area contributed by atoms with Crippen molar-refractivity contribution in [1.82, 2.24) is 4.98 Å². The number of hydrogen-bond acceptors (Lipinski definition) is 3. The van der Waals surface area contributed by atoms with E-state index >= 15 is 0 Å². The molecule has 4 nitrogen and oxygen atoms in total. The monoisotopic (exact) mass is 296 g/mol. The van der Waals surface area contributed by atoms with Crippen LogP contribution in [0.4, 0.5) is 5.69 Å². The van der Waals surface area contributed by atoms with Crippen molar-refractivity contribution in [2.45, 2.75) is 26.7 Å². The Morgan fingerprint density at radius 1 is 1.23 bits per heavy atom. The number of benzene rings is 1. The number of nitrogens with zero attached hydrogens (tertiary/aromatic N) is 2. The van der Waals surface area contributed by atoms with E-state index in [0.717, 1.165) is 30.0 Å². The lowest BCUT2D eigenvalue weighted by Crippen LogP contribution is -2.36. The summed E-state index contributed by atoms with van der Waals surface area (Å²) in [5.74, 6) is 0.690. The van der Waals surface area contributed by atoms with Gasteiger partial charge in [-0.05, 0) is 56.0 Å². The summed E-state index contributed by atoms with van der Waals surface area (Å²) in [7, 11) is 1.65. The lowest BCUT2D eigenvalue weighted by molar-refractivity contribution is 0.0979. The summed E-state index contributed by atoms with van der Waals surface area (Å²) >= 11 is 0. The van der Waals surface area contributed by atoms with Gasteiger partial charge in [-0.1, -0.05) is 12.1 Å². The summed E-state index contributed by atoms with van der Waals surface area (Å²) in [4.78, 5) is 19.1. The van der Waals surface area contributed by atoms with E-state index in [2.05, 4.69) is 18.0 Å². The van der Waals surface area contributed by atoms with Crippen LogP contribution in [-0.4, -0.2) is 24.5 Å². The number of hydrogen-bond donors (Lipinski definition) is 0. The van der Waals surface area contributed by atoms with Crippen LogP contribution in [0.3, 0.4) is 0 Å². The van der Waals surface area contributed by atoms with Crippen LogP contribution in [0.5, 0.6) is 5.75 Å². The van der Waals surface area contributed by atoms with Gasteiger partial charge in [0.1, 0.15) is 11.4 Å². The molecule has 1 aromatic carbocycles. The van der Waals surface area contributed by atoms with Gasteiger partial charge in [-0.25, -0.2) is 4.98 Å². The molecule has 1 aliphatic rings. The highest BCUT2D eigenvalue weighted by atomic mass is 16.5. The quantitative estimate of drug-likeness (QED) is 0.854. The molecule has 1 amide bonds. The lowest BCUT2D eigenvalue weighted by Gasteiger charge is -2.31. The van der Waals surface area contributed by atoms with E-state index in [1.807, 2.05) is 30.0 Å². The molecule has 114 valence electrons. The molecule has 1 aliphatic heterocycles. The predicted octanol–water partition coefficient (Wildman–Crippen LogP) is 3.30. The van der Waals surface area contributed by atoms with Gasteiger partial charge in [0.2, 0.25) is 0 Å². The van der Waals surface area contributed by atoms with Gasteiger partial charge >= 0.3 is 0 Å². The Morgan fingerprint density at radius 2 is 2.05 bits per heavy atom. The second-order valence-corrected chi connectivity index (χ2v) is 5.64. The fourth-order valence-corrected chi connectivity index (χ4v) is 3.02. The molecule has 0 fully saturated rings. The Labute approximate surface area is 130 Å². The van der Waals surface area contributed by atoms with Crippen LogP contribution in [0.15, 0.2) is 30.3 Å². The Morgan fingerprint density at radius 3 is 2.77 bits per heavy atom. The van der Waals surface area contributed by atoms with Gasteiger partial charge in [0.15, 0.2) is 0 Å². The number of ether oxygens (including phenoxy) is 1. The van der Waals surface area contributed by atoms with Crippen LogP contribution in [-0.2, 0) is 6.42 Å². The molecule has 22 heavy (non-hydrogen) atoms. The second-order valence-electron chi connectivity index (χ2n) is 5.64. The molecule has 4 heteroatoms. The highest BCUT2D eigenvalue weighted by Crippen LogP contribution is 2.38. The predicted molar refractivity (Wildman–Crippen MR) is 86.7 cm³/mol. The lowest BCUT2D eigenvalue weighted by atomic mass is 9.96. The number of aromatic nitrogens is 1. The standard InChI is InChI=1S/C18H20N2O2/c1-12-9-10-16(22-3)17-14(12)7-5-11-20(17)18(21)15-8-4-6-13(2)19-15/h4,6,8-10H,5,7,11H2,1-3H3. The minimum absolute atomic E-state index is 0.0615. The van der Waals surface area contributed by atoms with E-state index in [9.17, 15) is 4.79 Å². The first-order valence-corrected chi connectivity index (χ1v) is 7.54. The van der Waals surface area contributed by atoms with Crippen LogP contribution in [0.2, 0.25) is 0 Å². The molecule has 2 aromatic rings. The van der Waals surface area contributed by atoms with Crippen molar-refractivity contribution in [1.29, 1.82) is 0 Å². The van der Waals surface area contributed by atoms with Gasteiger partial charge in [0.25, 0.3) is 5.91 Å². The molecule has 0 atom stereocenters. The summed E-state index contributed by atoms with van der Waals surface area (Å²) in [6.45, 7) is 4.67. The molecule has 0 saturated heterocycles. The minimum atomic E-state index is -0.0615. The van der Waals surface area contributed by atoms with Crippen LogP contribution >= 0.6 is 0 Å². The number of amides is 1. The number of carbonyl (C=O) groups is 1. The van der Waals surface area contributed by atoms with Crippen molar-refractivity contribution in [2.75, 3.05) is 18.6 Å². The van der Waals surface area contributed by atoms with Gasteiger partial charge in [-0.15, -0.1) is 0 Å². The average Bonchev–Trinajstić information content (AvgIpc) is 2.54. The normalized spacial score (nSPS) is 13.7. The zero-order valence-electron chi connectivity index (χ0n) is 13.2. The van der Waals surface area contributed by atoms with E-state index in [4.69, 9.17) is 4.74 Å². The highest BCUT2D eigenvalue weighted by Gasteiger charge is 2.28. The third-order valence-corrected chi connectivity index (χ3v) is 4.13. The van der Waals surface area contributed by atoms with Crippen molar-refractivity contribution in [3.8, 4) is 5.75 Å². The largest absolute Gasteiger partial charge is 0.495 e. The molecule has 0 unspecified atom stereocenters. The number of aryl methyl sites for hydroxylation is 2. The second kappa shape index (κ2) is 5.79. The highest BCUT2D eigenvalue weighted by molar-refractivity contribution is 6.06. The zero-order valence-corrected chi connectivity index (χ0v) is 13.2. The first-order valence-electron chi connectivity index (χ1n) is 7.54. The molecule has 1 aromatic heterocycles. The first kappa shape index (κ1) is 14.6. The molecule has 3 rings (SSSR count). The third-order valence-electron chi connectivity index (χ3n) is 4.13. The smallest absolute Gasteiger partial charge is 0.276 e. The van der Waals surface area contributed by atoms with Gasteiger partial charge in [-0.3, -0.25) is 4.79 Å². The van der Waals surface area contributed by atoms with Crippen LogP contribution in [0, 0.1) is 13.8 Å². The van der Waals surface area contributed by atoms with Crippen molar-refractivity contribution >= 4 is 11.6 Å². The van der Waals surface area contributed by atoms with Crippen molar-refractivity contribution in [3.63, 3.8) is 0 Å². The van der Waals surface area contributed by atoms with Crippen molar-refractivity contribution < 1.29 is 9.53 Å². The maximum Gasteiger partial charge on any atom is 0.276 e. The maximum absolute atomic E-state index is 12.9. The Bertz CT molecular complexity index is 725. The maximum atomic E-state index is 12.9. The number of methoxy groups -OCH3 is 1. The molecule has 0 aliphatic carbocycles. The number of fused-ring (bicyclic) bond motifs is 1. The van der Waals surface area contributed by atoms with E-state index < -0.39 is 0 Å². The fourth-order valence-electron chi connectivity index (χ4n) is 3.02. The summed E-state index contributed by atoms with van der Waals surface area (Å²) in [5.41, 5.74) is 4.63. The van der Waals surface area contributed by atoms with Crippen molar-refractivity contribution in [2.24, 2.45) is 0 Å². The van der Waals surface area contributed by atoms with Crippen LogP contribution in [0.25, 0.3) is 0 Å². The van der Waals surface area contributed by atoms with Gasteiger partial charge in [0.05, 0.1) is 12.8 Å². The summed E-state index contributed by atoms with van der Waals surface area (Å²) in [6, 6.07) is 9.52. The van der Waals surface area contributed by atoms with Crippen molar-refractivity contribution in [3.05, 3.63) is 52.8 Å². The molecule has 0 N–H and O–H groups in total. The number of carbonyl (C=O) groups excluding carboxylic acids is 1. The Balaban J connectivity index is 2.08. The van der Waals surface area contributed by atoms with Crippen LogP contribution < -0.4 is 9.64 Å². The number of anilines is 1. The molecule has 0 saturated carbocycles. The summed E-state index contributed by atoms with van der Waals surface area (Å²) in [6.07, 6.45) is 1.93. The summed E-state index contributed by atoms with van der Waals surface area (Å²) in [5, 5.41) is 0. The third kappa shape index (κ3) is 2.45. The topological polar surface area (TPSA) is 42.4 Å². The fraction of sp³-hybridized carbons (Fsp3) is 0.333. The average molecular weight is 296 g/mol. The summed E-state index contributed by atoms with van der Waals surface area (Å²) < 4.78 is 5.49. The SMILES string of the molecule is COc1ccc(C)c2c1N(C(=O)c1cccc(C)n1)CCC2. The van der Waals surface area contributed by atoms with Gasteiger partial charge in [0, 0.05) is 12.2 Å². The first-order chi connectivity index (χ1) is 10.6. The number of pyridine rings is 1. The molecular weight excluding hydrogens is 276 g/mol. The van der Waals surface area contributed by atoms with E-state index in [1.165, 1.54) is 11.1 Å². The minimum Gasteiger partial charge on any atom is -0.495 e. The Hall–Kier alpha value is -2.36. The molecule has 2 heterocycles.